The molecule has 0 heterocycles. The lowest BCUT2D eigenvalue weighted by molar-refractivity contribution is -0.148. The van der Waals surface area contributed by atoms with Gasteiger partial charge in [0.15, 0.2) is 6.61 Å². The molecule has 2 amide bonds. The fraction of sp³-hybridized carbons (Fsp3) is 0.500. The maximum absolute atomic E-state index is 12.5. The van der Waals surface area contributed by atoms with Gasteiger partial charge in [0.25, 0.3) is 5.91 Å². The number of nitrogens with zero attached hydrogens (tertiary/aromatic N) is 1. The van der Waals surface area contributed by atoms with E-state index in [1.165, 1.54) is 11.9 Å². The Bertz CT molecular complexity index is 1240. The number of para-hydroxylation sites is 1. The molecule has 2 rings (SSSR count). The third kappa shape index (κ3) is 13.4. The zero-order valence-corrected chi connectivity index (χ0v) is 28.3. The van der Waals surface area contributed by atoms with Gasteiger partial charge in [0.05, 0.1) is 24.5 Å². The molecule has 0 spiro atoms. The topological polar surface area (TPSA) is 144 Å². The SMILES string of the molecule is Br.CC(C)C(=O)OCc1cc(C(O)CNC(C)(C)CNC(=O)CN(C)C(=O)COc2ccccc2)ccc1OC(=O)C(C)C. The number of likely N-dealkylation sites (N-methyl/N-ethyl adjacent to an activating group) is 1. The van der Waals surface area contributed by atoms with Crippen LogP contribution in [0.2, 0.25) is 0 Å². The summed E-state index contributed by atoms with van der Waals surface area (Å²) in [6.45, 7) is 10.6. The summed E-state index contributed by atoms with van der Waals surface area (Å²) in [5.74, 6) is -1.33. The van der Waals surface area contributed by atoms with Crippen LogP contribution < -0.4 is 20.1 Å². The molecule has 0 saturated heterocycles. The summed E-state index contributed by atoms with van der Waals surface area (Å²) >= 11 is 0. The summed E-state index contributed by atoms with van der Waals surface area (Å²) < 4.78 is 16.3. The fourth-order valence-corrected chi connectivity index (χ4v) is 3.57. The molecular weight excluding hydrogens is 634 g/mol. The van der Waals surface area contributed by atoms with Crippen molar-refractivity contribution in [1.82, 2.24) is 15.5 Å². The molecule has 2 aromatic rings. The smallest absolute Gasteiger partial charge is 0.313 e. The van der Waals surface area contributed by atoms with Gasteiger partial charge in [-0.05, 0) is 43.7 Å². The number of carbonyl (C=O) groups is 4. The van der Waals surface area contributed by atoms with Crippen LogP contribution in [0.1, 0.15) is 58.8 Å². The van der Waals surface area contributed by atoms with Gasteiger partial charge in [-0.15, -0.1) is 17.0 Å². The molecule has 0 bridgehead atoms. The number of amides is 2. The van der Waals surface area contributed by atoms with Crippen LogP contribution >= 0.6 is 17.0 Å². The van der Waals surface area contributed by atoms with Gasteiger partial charge in [-0.2, -0.15) is 0 Å². The first-order chi connectivity index (χ1) is 20.2. The van der Waals surface area contributed by atoms with E-state index in [1.54, 1.807) is 70.2 Å². The quantitative estimate of drug-likeness (QED) is 0.179. The van der Waals surface area contributed by atoms with E-state index in [0.717, 1.165) is 0 Å². The number of β-amino-alcohol motifs (C(OH)–C–C–N with tert-alkyl or cyclic N) is 1. The van der Waals surface area contributed by atoms with E-state index in [1.807, 2.05) is 19.9 Å². The Labute approximate surface area is 270 Å². The summed E-state index contributed by atoms with van der Waals surface area (Å²) in [5, 5.41) is 17.0. The Hall–Kier alpha value is -3.48. The second-order valence-corrected chi connectivity index (χ2v) is 11.6. The van der Waals surface area contributed by atoms with E-state index >= 15 is 0 Å². The molecule has 44 heavy (non-hydrogen) atoms. The lowest BCUT2D eigenvalue weighted by Crippen LogP contribution is -2.51. The van der Waals surface area contributed by atoms with Gasteiger partial charge in [0, 0.05) is 31.2 Å². The number of rotatable bonds is 16. The summed E-state index contributed by atoms with van der Waals surface area (Å²) in [4.78, 5) is 50.3. The molecule has 0 saturated carbocycles. The monoisotopic (exact) mass is 679 g/mol. The molecule has 3 N–H and O–H groups in total. The maximum Gasteiger partial charge on any atom is 0.313 e. The Morgan fingerprint density at radius 2 is 1.59 bits per heavy atom. The van der Waals surface area contributed by atoms with E-state index < -0.39 is 23.6 Å². The lowest BCUT2D eigenvalue weighted by Gasteiger charge is -2.29. The predicted octanol–water partition coefficient (Wildman–Crippen LogP) is 3.58. The lowest BCUT2D eigenvalue weighted by atomic mass is 10.0. The zero-order valence-electron chi connectivity index (χ0n) is 26.5. The molecule has 0 radical (unpaired) electrons. The van der Waals surface area contributed by atoms with Gasteiger partial charge in [-0.1, -0.05) is 52.0 Å². The van der Waals surface area contributed by atoms with Crippen molar-refractivity contribution in [2.24, 2.45) is 11.8 Å². The number of esters is 2. The molecule has 11 nitrogen and oxygen atoms in total. The van der Waals surface area contributed by atoms with Crippen molar-refractivity contribution in [2.45, 2.75) is 59.8 Å². The van der Waals surface area contributed by atoms with Crippen LogP contribution in [0.25, 0.3) is 0 Å². The number of carbonyl (C=O) groups excluding carboxylic acids is 4. The van der Waals surface area contributed by atoms with E-state index in [4.69, 9.17) is 14.2 Å². The van der Waals surface area contributed by atoms with Crippen molar-refractivity contribution < 1.29 is 38.5 Å². The number of aliphatic hydroxyl groups is 1. The summed E-state index contributed by atoms with van der Waals surface area (Å²) in [6, 6.07) is 13.8. The minimum atomic E-state index is -0.947. The fourth-order valence-electron chi connectivity index (χ4n) is 3.57. The minimum Gasteiger partial charge on any atom is -0.484 e. The highest BCUT2D eigenvalue weighted by molar-refractivity contribution is 8.93. The number of ether oxygens (including phenoxy) is 3. The molecule has 244 valence electrons. The van der Waals surface area contributed by atoms with E-state index in [9.17, 15) is 24.3 Å². The maximum atomic E-state index is 12.5. The van der Waals surface area contributed by atoms with Gasteiger partial charge >= 0.3 is 11.9 Å². The van der Waals surface area contributed by atoms with Crippen molar-refractivity contribution in [3.63, 3.8) is 0 Å². The minimum absolute atomic E-state index is 0. The second kappa shape index (κ2) is 18.4. The number of hydrogen-bond acceptors (Lipinski definition) is 9. The van der Waals surface area contributed by atoms with E-state index in [2.05, 4.69) is 10.6 Å². The third-order valence-corrected chi connectivity index (χ3v) is 6.41. The number of benzene rings is 2. The standard InChI is InChI=1S/C32H45N3O8.BrH/c1-21(2)30(39)42-18-24-15-23(13-14-27(24)43-31(40)22(3)4)26(36)16-34-32(5,6)20-33-28(37)17-35(7)29(38)19-41-25-11-9-8-10-12-25;/h8-15,21-22,26,34,36H,16-20H2,1-7H3,(H,33,37);1H. The molecule has 1 unspecified atom stereocenters. The first-order valence-corrected chi connectivity index (χ1v) is 14.3. The number of halogens is 1. The highest BCUT2D eigenvalue weighted by Crippen LogP contribution is 2.26. The van der Waals surface area contributed by atoms with Crippen LogP contribution in [0.3, 0.4) is 0 Å². The van der Waals surface area contributed by atoms with Crippen molar-refractivity contribution in [2.75, 3.05) is 33.3 Å². The number of hydrogen-bond donors (Lipinski definition) is 3. The highest BCUT2D eigenvalue weighted by atomic mass is 79.9. The first kappa shape index (κ1) is 38.5. The molecule has 0 aromatic heterocycles. The van der Waals surface area contributed by atoms with Crippen molar-refractivity contribution >= 4 is 40.7 Å². The number of nitrogens with one attached hydrogen (secondary N) is 2. The average molecular weight is 681 g/mol. The molecule has 0 fully saturated rings. The predicted molar refractivity (Wildman–Crippen MR) is 171 cm³/mol. The molecule has 0 aliphatic carbocycles. The largest absolute Gasteiger partial charge is 0.484 e. The first-order valence-electron chi connectivity index (χ1n) is 14.3. The van der Waals surface area contributed by atoms with Crippen molar-refractivity contribution in [3.05, 3.63) is 59.7 Å². The van der Waals surface area contributed by atoms with Gasteiger partial charge in [0.1, 0.15) is 18.1 Å². The molecule has 2 aromatic carbocycles. The van der Waals surface area contributed by atoms with Crippen molar-refractivity contribution in [1.29, 1.82) is 0 Å². The van der Waals surface area contributed by atoms with Crippen LogP contribution in [0.5, 0.6) is 11.5 Å². The van der Waals surface area contributed by atoms with Crippen LogP contribution in [-0.4, -0.2) is 72.6 Å². The summed E-state index contributed by atoms with van der Waals surface area (Å²) in [7, 11) is 1.53. The third-order valence-electron chi connectivity index (χ3n) is 6.41. The van der Waals surface area contributed by atoms with Gasteiger partial charge in [-0.25, -0.2) is 0 Å². The normalized spacial score (nSPS) is 11.8. The van der Waals surface area contributed by atoms with Crippen LogP contribution in [0.15, 0.2) is 48.5 Å². The average Bonchev–Trinajstić information content (AvgIpc) is 2.97. The Morgan fingerprint density at radius 1 is 0.955 bits per heavy atom. The number of aliphatic hydroxyl groups excluding tert-OH is 1. The Morgan fingerprint density at radius 3 is 2.20 bits per heavy atom. The van der Waals surface area contributed by atoms with Crippen LogP contribution in [0.4, 0.5) is 0 Å². The van der Waals surface area contributed by atoms with Crippen LogP contribution in [0, 0.1) is 11.8 Å². The van der Waals surface area contributed by atoms with Gasteiger partial charge in [-0.3, -0.25) is 19.2 Å². The molecular formula is C32H46BrN3O8. The summed E-state index contributed by atoms with van der Waals surface area (Å²) in [6.07, 6.45) is -0.947. The molecule has 0 aliphatic heterocycles. The molecule has 1 atom stereocenters. The zero-order chi connectivity index (χ0) is 32.2. The van der Waals surface area contributed by atoms with Crippen LogP contribution in [-0.2, 0) is 30.5 Å². The van der Waals surface area contributed by atoms with Gasteiger partial charge < -0.3 is 34.9 Å². The van der Waals surface area contributed by atoms with E-state index in [-0.39, 0.29) is 79.2 Å². The molecule has 12 heteroatoms. The van der Waals surface area contributed by atoms with Gasteiger partial charge in [0.2, 0.25) is 5.91 Å². The second-order valence-electron chi connectivity index (χ2n) is 11.6. The Kier molecular flexibility index (Phi) is 16.1. The van der Waals surface area contributed by atoms with E-state index in [0.29, 0.717) is 16.9 Å². The molecule has 0 aliphatic rings. The highest BCUT2D eigenvalue weighted by Gasteiger charge is 2.23. The van der Waals surface area contributed by atoms with Crippen molar-refractivity contribution in [3.8, 4) is 11.5 Å². The summed E-state index contributed by atoms with van der Waals surface area (Å²) in [5.41, 5.74) is 0.391. The Balaban J connectivity index is 0.00000968.